The van der Waals surface area contributed by atoms with E-state index < -0.39 is 0 Å². The average Bonchev–Trinajstić information content (AvgIpc) is 2.68. The van der Waals surface area contributed by atoms with E-state index in [4.69, 9.17) is 0 Å². The van der Waals surface area contributed by atoms with Gasteiger partial charge in [0.2, 0.25) is 5.91 Å². The number of nitrogens with zero attached hydrogens (tertiary/aromatic N) is 1. The summed E-state index contributed by atoms with van der Waals surface area (Å²) in [6.45, 7) is 7.74. The third-order valence-corrected chi connectivity index (χ3v) is 2.31. The first kappa shape index (κ1) is 12.7. The van der Waals surface area contributed by atoms with Crippen molar-refractivity contribution in [3.05, 3.63) is 18.0 Å². The molecule has 1 heterocycles. The summed E-state index contributed by atoms with van der Waals surface area (Å²) >= 11 is 0. The predicted octanol–water partition coefficient (Wildman–Crippen LogP) is 0.973. The Bertz CT molecular complexity index is 321. The van der Waals surface area contributed by atoms with Crippen LogP contribution in [0.1, 0.15) is 39.4 Å². The van der Waals surface area contributed by atoms with Gasteiger partial charge in [-0.25, -0.2) is 0 Å². The molecule has 1 aromatic rings. The van der Waals surface area contributed by atoms with E-state index in [0.29, 0.717) is 0 Å². The minimum atomic E-state index is -0.222. The Morgan fingerprint density at radius 2 is 2.06 bits per heavy atom. The molecule has 0 radical (unpaired) electrons. The topological polar surface area (TPSA) is 69.8 Å². The van der Waals surface area contributed by atoms with Crippen LogP contribution in [0.2, 0.25) is 0 Å². The normalized spacial score (nSPS) is 14.8. The Balaban J connectivity index is 2.45. The number of aromatic nitrogens is 2. The first-order chi connectivity index (χ1) is 7.50. The molecule has 0 saturated heterocycles. The number of hydrogen-bond donors (Lipinski definition) is 3. The average molecular weight is 224 g/mol. The van der Waals surface area contributed by atoms with Gasteiger partial charge in [-0.2, -0.15) is 5.10 Å². The lowest BCUT2D eigenvalue weighted by atomic mass is 10.2. The minimum Gasteiger partial charge on any atom is -0.353 e. The van der Waals surface area contributed by atoms with Gasteiger partial charge in [-0.05, 0) is 33.8 Å². The number of amides is 1. The van der Waals surface area contributed by atoms with Gasteiger partial charge in [0.05, 0.1) is 11.7 Å². The molecule has 0 aliphatic carbocycles. The minimum absolute atomic E-state index is 0.0152. The molecule has 16 heavy (non-hydrogen) atoms. The first-order valence-electron chi connectivity index (χ1n) is 5.56. The van der Waals surface area contributed by atoms with Crippen LogP contribution >= 0.6 is 0 Å². The number of carbonyl (C=O) groups excluding carboxylic acids is 1. The number of nitrogens with one attached hydrogen (secondary N) is 3. The summed E-state index contributed by atoms with van der Waals surface area (Å²) in [5.74, 6) is 0.0152. The van der Waals surface area contributed by atoms with Crippen LogP contribution in [0.5, 0.6) is 0 Å². The molecule has 90 valence electrons. The Kier molecular flexibility index (Phi) is 4.49. The molecule has 1 amide bonds. The summed E-state index contributed by atoms with van der Waals surface area (Å²) in [5.41, 5.74) is 0.976. The molecule has 3 N–H and O–H groups in total. The van der Waals surface area contributed by atoms with Crippen molar-refractivity contribution in [2.24, 2.45) is 0 Å². The number of H-pyrrole nitrogens is 1. The molecule has 0 bridgehead atoms. The van der Waals surface area contributed by atoms with E-state index >= 15 is 0 Å². The van der Waals surface area contributed by atoms with Crippen LogP contribution in [-0.2, 0) is 4.79 Å². The van der Waals surface area contributed by atoms with E-state index in [2.05, 4.69) is 20.8 Å². The Morgan fingerprint density at radius 3 is 2.56 bits per heavy atom. The van der Waals surface area contributed by atoms with Crippen molar-refractivity contribution in [1.82, 2.24) is 20.8 Å². The zero-order valence-corrected chi connectivity index (χ0v) is 10.2. The van der Waals surface area contributed by atoms with Crippen molar-refractivity contribution in [3.63, 3.8) is 0 Å². The van der Waals surface area contributed by atoms with Gasteiger partial charge in [0.15, 0.2) is 0 Å². The Labute approximate surface area is 96.0 Å². The van der Waals surface area contributed by atoms with E-state index in [1.807, 2.05) is 33.8 Å². The van der Waals surface area contributed by atoms with E-state index in [9.17, 15) is 4.79 Å². The van der Waals surface area contributed by atoms with Crippen LogP contribution in [0.15, 0.2) is 12.3 Å². The van der Waals surface area contributed by atoms with Gasteiger partial charge in [-0.1, -0.05) is 0 Å². The Morgan fingerprint density at radius 1 is 1.38 bits per heavy atom. The van der Waals surface area contributed by atoms with Gasteiger partial charge < -0.3 is 5.32 Å². The van der Waals surface area contributed by atoms with Gasteiger partial charge in [0, 0.05) is 18.3 Å². The maximum Gasteiger partial charge on any atom is 0.237 e. The highest BCUT2D eigenvalue weighted by molar-refractivity contribution is 5.81. The van der Waals surface area contributed by atoms with Gasteiger partial charge >= 0.3 is 0 Å². The number of carbonyl (C=O) groups is 1. The molecular formula is C11H20N4O. The van der Waals surface area contributed by atoms with Crippen molar-refractivity contribution >= 4 is 5.91 Å². The second-order valence-electron chi connectivity index (χ2n) is 4.29. The van der Waals surface area contributed by atoms with Crippen molar-refractivity contribution in [2.75, 3.05) is 0 Å². The third-order valence-electron chi connectivity index (χ3n) is 2.31. The fraction of sp³-hybridized carbons (Fsp3) is 0.636. The van der Waals surface area contributed by atoms with Crippen molar-refractivity contribution in [3.8, 4) is 0 Å². The van der Waals surface area contributed by atoms with Crippen molar-refractivity contribution in [2.45, 2.75) is 45.8 Å². The van der Waals surface area contributed by atoms with E-state index in [0.717, 1.165) is 5.69 Å². The third kappa shape index (κ3) is 3.66. The lowest BCUT2D eigenvalue weighted by Crippen LogP contribution is -2.45. The highest BCUT2D eigenvalue weighted by atomic mass is 16.2. The standard InChI is InChI=1S/C11H20N4O/c1-7(2)13-11(16)9(4)14-8(3)10-5-6-12-15-10/h5-9,14H,1-4H3,(H,12,15)(H,13,16). The number of aromatic amines is 1. The fourth-order valence-corrected chi connectivity index (χ4v) is 1.46. The molecule has 2 unspecified atom stereocenters. The maximum atomic E-state index is 11.7. The van der Waals surface area contributed by atoms with Crippen LogP contribution in [0, 0.1) is 0 Å². The molecule has 0 fully saturated rings. The molecule has 0 spiro atoms. The first-order valence-corrected chi connectivity index (χ1v) is 5.56. The zero-order valence-electron chi connectivity index (χ0n) is 10.2. The SMILES string of the molecule is CC(C)NC(=O)C(C)NC(C)c1ccn[nH]1. The van der Waals surface area contributed by atoms with Crippen LogP contribution in [0.3, 0.4) is 0 Å². The van der Waals surface area contributed by atoms with Crippen molar-refractivity contribution in [1.29, 1.82) is 0 Å². The monoisotopic (exact) mass is 224 g/mol. The molecular weight excluding hydrogens is 204 g/mol. The van der Waals surface area contributed by atoms with Gasteiger partial charge in [0.25, 0.3) is 0 Å². The van der Waals surface area contributed by atoms with E-state index in [-0.39, 0.29) is 24.0 Å². The molecule has 0 aliphatic heterocycles. The fourth-order valence-electron chi connectivity index (χ4n) is 1.46. The second kappa shape index (κ2) is 5.65. The highest BCUT2D eigenvalue weighted by Gasteiger charge is 2.17. The van der Waals surface area contributed by atoms with Crippen LogP contribution in [0.4, 0.5) is 0 Å². The van der Waals surface area contributed by atoms with Crippen molar-refractivity contribution < 1.29 is 4.79 Å². The van der Waals surface area contributed by atoms with Crippen LogP contribution < -0.4 is 10.6 Å². The maximum absolute atomic E-state index is 11.7. The predicted molar refractivity (Wildman–Crippen MR) is 62.9 cm³/mol. The van der Waals surface area contributed by atoms with Crippen LogP contribution in [-0.4, -0.2) is 28.2 Å². The van der Waals surface area contributed by atoms with Crippen LogP contribution in [0.25, 0.3) is 0 Å². The highest BCUT2D eigenvalue weighted by Crippen LogP contribution is 2.08. The molecule has 1 rings (SSSR count). The summed E-state index contributed by atoms with van der Waals surface area (Å²) in [5, 5.41) is 12.8. The summed E-state index contributed by atoms with van der Waals surface area (Å²) in [6, 6.07) is 1.92. The van der Waals surface area contributed by atoms with Gasteiger partial charge in [0.1, 0.15) is 0 Å². The molecule has 5 nitrogen and oxygen atoms in total. The smallest absolute Gasteiger partial charge is 0.237 e. The number of hydrogen-bond acceptors (Lipinski definition) is 3. The lowest BCUT2D eigenvalue weighted by Gasteiger charge is -2.19. The summed E-state index contributed by atoms with van der Waals surface area (Å²) in [4.78, 5) is 11.7. The molecule has 0 saturated carbocycles. The summed E-state index contributed by atoms with van der Waals surface area (Å²) < 4.78 is 0. The summed E-state index contributed by atoms with van der Waals surface area (Å²) in [6.07, 6.45) is 1.70. The largest absolute Gasteiger partial charge is 0.353 e. The van der Waals surface area contributed by atoms with E-state index in [1.54, 1.807) is 6.20 Å². The molecule has 1 aromatic heterocycles. The zero-order chi connectivity index (χ0) is 12.1. The second-order valence-corrected chi connectivity index (χ2v) is 4.29. The lowest BCUT2D eigenvalue weighted by molar-refractivity contribution is -0.123. The number of rotatable bonds is 5. The quantitative estimate of drug-likeness (QED) is 0.698. The molecule has 5 heteroatoms. The van der Waals surface area contributed by atoms with E-state index in [1.165, 1.54) is 0 Å². The summed E-state index contributed by atoms with van der Waals surface area (Å²) in [7, 11) is 0. The van der Waals surface area contributed by atoms with Gasteiger partial charge in [-0.15, -0.1) is 0 Å². The Hall–Kier alpha value is -1.36. The molecule has 2 atom stereocenters. The molecule has 0 aliphatic rings. The molecule has 0 aromatic carbocycles. The van der Waals surface area contributed by atoms with Gasteiger partial charge in [-0.3, -0.25) is 15.2 Å².